The molecule has 1 aliphatic rings. The van der Waals surface area contributed by atoms with Crippen molar-refractivity contribution in [1.29, 1.82) is 0 Å². The van der Waals surface area contributed by atoms with Crippen LogP contribution in [0.1, 0.15) is 41.6 Å². The molecule has 0 aromatic heterocycles. The van der Waals surface area contributed by atoms with E-state index < -0.39 is 0 Å². The highest BCUT2D eigenvalue weighted by Crippen LogP contribution is 2.36. The third kappa shape index (κ3) is 3.07. The first-order chi connectivity index (χ1) is 9.06. The third-order valence-corrected chi connectivity index (χ3v) is 4.12. The van der Waals surface area contributed by atoms with Gasteiger partial charge in [-0.3, -0.25) is 4.79 Å². The lowest BCUT2D eigenvalue weighted by Gasteiger charge is -2.27. The van der Waals surface area contributed by atoms with Crippen molar-refractivity contribution in [2.75, 3.05) is 13.1 Å². The molecule has 0 radical (unpaired) electrons. The Kier molecular flexibility index (Phi) is 4.10. The zero-order chi connectivity index (χ0) is 13.9. The van der Waals surface area contributed by atoms with Crippen LogP contribution in [0.3, 0.4) is 0 Å². The van der Waals surface area contributed by atoms with Crippen LogP contribution in [0.5, 0.6) is 5.75 Å². The number of phenols is 1. The number of rotatable bonds is 4. The van der Waals surface area contributed by atoms with Crippen molar-refractivity contribution in [2.45, 2.75) is 32.6 Å². The van der Waals surface area contributed by atoms with Gasteiger partial charge < -0.3 is 16.2 Å². The summed E-state index contributed by atoms with van der Waals surface area (Å²) < 4.78 is 0. The zero-order valence-corrected chi connectivity index (χ0v) is 11.4. The normalized spacial score (nSPS) is 17.4. The molecule has 1 aromatic carbocycles. The molecule has 4 heteroatoms. The fourth-order valence-corrected chi connectivity index (χ4v) is 2.77. The molecule has 1 amide bonds. The van der Waals surface area contributed by atoms with Crippen molar-refractivity contribution in [3.63, 3.8) is 0 Å². The molecular formula is C15H22N2O2. The largest absolute Gasteiger partial charge is 0.507 e. The van der Waals surface area contributed by atoms with E-state index in [2.05, 4.69) is 5.32 Å². The summed E-state index contributed by atoms with van der Waals surface area (Å²) in [6.07, 6.45) is 4.51. The number of phenolic OH excluding ortho intramolecular Hbond substituents is 1. The Balaban J connectivity index is 2.01. The Morgan fingerprint density at radius 3 is 2.68 bits per heavy atom. The molecule has 19 heavy (non-hydrogen) atoms. The third-order valence-electron chi connectivity index (χ3n) is 4.12. The van der Waals surface area contributed by atoms with Gasteiger partial charge in [0.1, 0.15) is 5.75 Å². The van der Waals surface area contributed by atoms with E-state index in [1.165, 1.54) is 12.8 Å². The Labute approximate surface area is 114 Å². The van der Waals surface area contributed by atoms with Crippen molar-refractivity contribution < 1.29 is 9.90 Å². The fraction of sp³-hybridized carbons (Fsp3) is 0.533. The van der Waals surface area contributed by atoms with Gasteiger partial charge in [0, 0.05) is 6.54 Å². The average Bonchev–Trinajstić information content (AvgIpc) is 2.85. The molecule has 4 N–H and O–H groups in total. The topological polar surface area (TPSA) is 75.4 Å². The molecule has 1 saturated carbocycles. The van der Waals surface area contributed by atoms with Crippen LogP contribution in [0, 0.1) is 12.3 Å². The molecule has 0 saturated heterocycles. The highest BCUT2D eigenvalue weighted by atomic mass is 16.3. The van der Waals surface area contributed by atoms with E-state index in [4.69, 9.17) is 5.73 Å². The Morgan fingerprint density at radius 1 is 1.42 bits per heavy atom. The molecule has 0 atom stereocenters. The highest BCUT2D eigenvalue weighted by Gasteiger charge is 2.32. The number of hydrogen-bond donors (Lipinski definition) is 3. The molecule has 0 heterocycles. The Morgan fingerprint density at radius 2 is 2.11 bits per heavy atom. The molecule has 2 rings (SSSR count). The van der Waals surface area contributed by atoms with E-state index in [-0.39, 0.29) is 17.1 Å². The summed E-state index contributed by atoms with van der Waals surface area (Å²) in [4.78, 5) is 12.1. The van der Waals surface area contributed by atoms with Gasteiger partial charge in [-0.05, 0) is 49.4 Å². The van der Waals surface area contributed by atoms with Gasteiger partial charge in [-0.2, -0.15) is 0 Å². The van der Waals surface area contributed by atoms with Crippen LogP contribution in [0.15, 0.2) is 18.2 Å². The predicted molar refractivity (Wildman–Crippen MR) is 75.1 cm³/mol. The maximum Gasteiger partial charge on any atom is 0.255 e. The molecular weight excluding hydrogens is 240 g/mol. The number of nitrogens with one attached hydrogen (secondary N) is 1. The number of carbonyl (C=O) groups excluding carboxylic acids is 1. The van der Waals surface area contributed by atoms with E-state index in [0.29, 0.717) is 18.7 Å². The maximum atomic E-state index is 12.1. The summed E-state index contributed by atoms with van der Waals surface area (Å²) >= 11 is 0. The lowest BCUT2D eigenvalue weighted by molar-refractivity contribution is 0.0929. The van der Waals surface area contributed by atoms with Crippen LogP contribution in [-0.2, 0) is 0 Å². The Hall–Kier alpha value is -1.55. The first-order valence-electron chi connectivity index (χ1n) is 6.84. The maximum absolute atomic E-state index is 12.1. The Bertz CT molecular complexity index is 465. The predicted octanol–water partition coefficient (Wildman–Crippen LogP) is 1.95. The standard InChI is InChI=1S/C15H22N2O2/c1-11-4-5-12(13(18)8-11)14(19)17-10-15(9-16)6-2-3-7-15/h4-5,8,18H,2-3,6-7,9-10,16H2,1H3,(H,17,19). The van der Waals surface area contributed by atoms with Crippen molar-refractivity contribution in [3.05, 3.63) is 29.3 Å². The molecule has 1 fully saturated rings. The SMILES string of the molecule is Cc1ccc(C(=O)NCC2(CN)CCCC2)c(O)c1. The van der Waals surface area contributed by atoms with Crippen LogP contribution < -0.4 is 11.1 Å². The monoisotopic (exact) mass is 262 g/mol. The molecule has 0 bridgehead atoms. The quantitative estimate of drug-likeness (QED) is 0.776. The number of amides is 1. The average molecular weight is 262 g/mol. The fourth-order valence-electron chi connectivity index (χ4n) is 2.77. The van der Waals surface area contributed by atoms with E-state index in [1.54, 1.807) is 12.1 Å². The van der Waals surface area contributed by atoms with E-state index >= 15 is 0 Å². The minimum Gasteiger partial charge on any atom is -0.507 e. The number of aromatic hydroxyl groups is 1. The van der Waals surface area contributed by atoms with Crippen molar-refractivity contribution in [3.8, 4) is 5.75 Å². The number of nitrogens with two attached hydrogens (primary N) is 1. The van der Waals surface area contributed by atoms with Crippen molar-refractivity contribution in [1.82, 2.24) is 5.32 Å². The molecule has 1 aliphatic carbocycles. The van der Waals surface area contributed by atoms with Gasteiger partial charge in [-0.15, -0.1) is 0 Å². The second-order valence-corrected chi connectivity index (χ2v) is 5.61. The summed E-state index contributed by atoms with van der Waals surface area (Å²) in [5.74, 6) is -0.192. The number of carbonyl (C=O) groups is 1. The van der Waals surface area contributed by atoms with Gasteiger partial charge in [0.15, 0.2) is 0 Å². The van der Waals surface area contributed by atoms with Gasteiger partial charge in [0.25, 0.3) is 5.91 Å². The molecule has 0 aliphatic heterocycles. The number of benzene rings is 1. The van der Waals surface area contributed by atoms with Crippen LogP contribution in [0.25, 0.3) is 0 Å². The first-order valence-corrected chi connectivity index (χ1v) is 6.84. The van der Waals surface area contributed by atoms with Gasteiger partial charge in [0.05, 0.1) is 5.56 Å². The summed E-state index contributed by atoms with van der Waals surface area (Å²) in [7, 11) is 0. The number of hydrogen-bond acceptors (Lipinski definition) is 3. The second-order valence-electron chi connectivity index (χ2n) is 5.61. The van der Waals surface area contributed by atoms with Gasteiger partial charge in [0.2, 0.25) is 0 Å². The minimum absolute atomic E-state index is 0.0331. The molecule has 0 spiro atoms. The molecule has 1 aromatic rings. The van der Waals surface area contributed by atoms with Gasteiger partial charge in [-0.25, -0.2) is 0 Å². The summed E-state index contributed by atoms with van der Waals surface area (Å²) in [5, 5.41) is 12.7. The molecule has 104 valence electrons. The van der Waals surface area contributed by atoms with Crippen LogP contribution in [0.2, 0.25) is 0 Å². The van der Waals surface area contributed by atoms with Crippen LogP contribution >= 0.6 is 0 Å². The minimum atomic E-state index is -0.225. The van der Waals surface area contributed by atoms with Gasteiger partial charge in [-0.1, -0.05) is 18.9 Å². The highest BCUT2D eigenvalue weighted by molar-refractivity contribution is 5.96. The van der Waals surface area contributed by atoms with Crippen LogP contribution in [-0.4, -0.2) is 24.1 Å². The lowest BCUT2D eigenvalue weighted by atomic mass is 9.86. The number of aryl methyl sites for hydroxylation is 1. The van der Waals surface area contributed by atoms with E-state index in [1.807, 2.05) is 13.0 Å². The van der Waals surface area contributed by atoms with Crippen LogP contribution in [0.4, 0.5) is 0 Å². The van der Waals surface area contributed by atoms with E-state index in [0.717, 1.165) is 18.4 Å². The summed E-state index contributed by atoms with van der Waals surface area (Å²) in [6, 6.07) is 5.08. The summed E-state index contributed by atoms with van der Waals surface area (Å²) in [5.41, 5.74) is 7.16. The van der Waals surface area contributed by atoms with Crippen molar-refractivity contribution in [2.24, 2.45) is 11.1 Å². The van der Waals surface area contributed by atoms with Crippen molar-refractivity contribution >= 4 is 5.91 Å². The molecule has 4 nitrogen and oxygen atoms in total. The van der Waals surface area contributed by atoms with E-state index in [9.17, 15) is 9.90 Å². The van der Waals surface area contributed by atoms with Gasteiger partial charge >= 0.3 is 0 Å². The first kappa shape index (κ1) is 13.9. The summed E-state index contributed by atoms with van der Waals surface area (Å²) in [6.45, 7) is 3.08. The zero-order valence-electron chi connectivity index (χ0n) is 11.4. The smallest absolute Gasteiger partial charge is 0.255 e. The lowest BCUT2D eigenvalue weighted by Crippen LogP contribution is -2.40. The molecule has 0 unspecified atom stereocenters. The second kappa shape index (κ2) is 5.61.